The molecule has 3 nitrogen and oxygen atoms in total. The first-order chi connectivity index (χ1) is 12.1. The van der Waals surface area contributed by atoms with Crippen LogP contribution in [0.25, 0.3) is 10.8 Å². The second-order valence-corrected chi connectivity index (χ2v) is 6.97. The van der Waals surface area contributed by atoms with E-state index in [1.54, 1.807) is 0 Å². The molecule has 0 saturated heterocycles. The highest BCUT2D eigenvalue weighted by Gasteiger charge is 2.29. The highest BCUT2D eigenvalue weighted by molar-refractivity contribution is 6.30. The molecule has 0 aromatic heterocycles. The van der Waals surface area contributed by atoms with Gasteiger partial charge in [0, 0.05) is 24.6 Å². The summed E-state index contributed by atoms with van der Waals surface area (Å²) < 4.78 is 0. The summed E-state index contributed by atoms with van der Waals surface area (Å²) in [5, 5.41) is 3.31. The number of hydrogen-bond donors (Lipinski definition) is 1. The van der Waals surface area contributed by atoms with E-state index in [2.05, 4.69) is 53.2 Å². The molecule has 2 N–H and O–H groups in total. The maximum Gasteiger partial charge on any atom is 0.196 e. The number of guanidine groups is 1. The number of aliphatic imine (C=N–C) groups is 1. The van der Waals surface area contributed by atoms with Gasteiger partial charge in [0.1, 0.15) is 0 Å². The van der Waals surface area contributed by atoms with Crippen LogP contribution < -0.4 is 10.6 Å². The average Bonchev–Trinajstić information content (AvgIpc) is 2.98. The average molecular weight is 388 g/mol. The maximum absolute atomic E-state index is 6.33. The molecule has 0 fully saturated rings. The van der Waals surface area contributed by atoms with E-state index in [0.717, 1.165) is 17.1 Å². The highest BCUT2D eigenvalue weighted by atomic mass is 35.5. The van der Waals surface area contributed by atoms with Gasteiger partial charge in [-0.15, -0.1) is 12.4 Å². The number of nitrogens with zero attached hydrogens (tertiary/aromatic N) is 2. The first-order valence-electron chi connectivity index (χ1n) is 8.47. The number of rotatable bonds is 2. The van der Waals surface area contributed by atoms with Crippen molar-refractivity contribution in [2.45, 2.75) is 19.4 Å². The zero-order valence-corrected chi connectivity index (χ0v) is 16.1. The molecule has 1 heterocycles. The molecule has 1 unspecified atom stereocenters. The van der Waals surface area contributed by atoms with Gasteiger partial charge in [-0.05, 0) is 40.1 Å². The second kappa shape index (κ2) is 7.56. The normalized spacial score (nSPS) is 16.5. The van der Waals surface area contributed by atoms with Crippen molar-refractivity contribution < 1.29 is 1.43 Å². The Morgan fingerprint density at radius 3 is 2.65 bits per heavy atom. The monoisotopic (exact) mass is 387 g/mol. The summed E-state index contributed by atoms with van der Waals surface area (Å²) in [7, 11) is 0. The lowest BCUT2D eigenvalue weighted by atomic mass is 9.96. The Bertz CT molecular complexity index is 957. The lowest BCUT2D eigenvalue weighted by Crippen LogP contribution is -2.36. The molecule has 0 spiro atoms. The van der Waals surface area contributed by atoms with Gasteiger partial charge >= 0.3 is 0 Å². The van der Waals surface area contributed by atoms with E-state index in [4.69, 9.17) is 17.3 Å². The first-order valence-corrected chi connectivity index (χ1v) is 8.85. The molecule has 136 valence electrons. The zero-order valence-electron chi connectivity index (χ0n) is 14.5. The fourth-order valence-electron chi connectivity index (χ4n) is 3.57. The van der Waals surface area contributed by atoms with E-state index in [0.29, 0.717) is 18.4 Å². The molecule has 3 aromatic rings. The minimum absolute atomic E-state index is 0. The Hall–Kier alpha value is -2.23. The predicted molar refractivity (Wildman–Crippen MR) is 116 cm³/mol. The molecule has 1 atom stereocenters. The summed E-state index contributed by atoms with van der Waals surface area (Å²) in [6, 6.07) is 20.5. The van der Waals surface area contributed by atoms with Crippen LogP contribution in [0.15, 0.2) is 65.7 Å². The molecule has 0 bridgehead atoms. The quantitative estimate of drug-likeness (QED) is 0.459. The van der Waals surface area contributed by atoms with Gasteiger partial charge in [0.15, 0.2) is 5.96 Å². The van der Waals surface area contributed by atoms with Crippen LogP contribution in [0.1, 0.15) is 25.4 Å². The van der Waals surface area contributed by atoms with Crippen molar-refractivity contribution >= 4 is 46.4 Å². The van der Waals surface area contributed by atoms with Gasteiger partial charge in [0.2, 0.25) is 0 Å². The third-order valence-corrected chi connectivity index (χ3v) is 5.05. The third-order valence-electron chi connectivity index (χ3n) is 4.80. The molecule has 0 saturated carbocycles. The van der Waals surface area contributed by atoms with Crippen molar-refractivity contribution in [2.24, 2.45) is 10.7 Å². The number of nitrogens with two attached hydrogens (primary N) is 1. The molecule has 0 radical (unpaired) electrons. The summed E-state index contributed by atoms with van der Waals surface area (Å²) >= 11 is 5.93. The fourth-order valence-corrected chi connectivity index (χ4v) is 3.69. The number of anilines is 1. The zero-order chi connectivity index (χ0) is 17.4. The molecule has 1 aliphatic rings. The topological polar surface area (TPSA) is 41.6 Å². The van der Waals surface area contributed by atoms with Crippen LogP contribution in [-0.2, 0) is 6.54 Å². The van der Waals surface area contributed by atoms with Crippen molar-refractivity contribution in [1.29, 1.82) is 0 Å². The molecule has 1 aliphatic heterocycles. The molecule has 0 aliphatic carbocycles. The predicted octanol–water partition coefficient (Wildman–Crippen LogP) is 5.60. The van der Waals surface area contributed by atoms with Gasteiger partial charge in [-0.3, -0.25) is 0 Å². The van der Waals surface area contributed by atoms with Crippen LogP contribution in [0, 0.1) is 0 Å². The summed E-state index contributed by atoms with van der Waals surface area (Å²) in [6.07, 6.45) is 0. The Balaban J connectivity index is 0.00000131. The summed E-state index contributed by atoms with van der Waals surface area (Å²) in [6.45, 7) is 3.66. The van der Waals surface area contributed by atoms with E-state index in [1.807, 2.05) is 24.3 Å². The van der Waals surface area contributed by atoms with Crippen LogP contribution in [0.2, 0.25) is 5.02 Å². The number of hydrogen-bond acceptors (Lipinski definition) is 1. The van der Waals surface area contributed by atoms with Gasteiger partial charge < -0.3 is 10.6 Å². The highest BCUT2D eigenvalue weighted by Crippen LogP contribution is 2.40. The standard InChI is InChI=1S/C21H20ClN3.ClH.H2/c1-14-13-25(21(23)24-12-15-6-9-17(22)10-7-15)19-11-8-16-4-2-3-5-18(16)20(14)19;;/h2-11,14H,12-13H2,1H3,(H2,23,24);2*1H. The SMILES string of the molecule is CC1CN(C(N)=NCc2ccc(Cl)cc2)c2ccc3ccccc3c21.Cl.[HH]. The molecule has 0 amide bonds. The third kappa shape index (κ3) is 3.37. The maximum atomic E-state index is 6.33. The van der Waals surface area contributed by atoms with Crippen LogP contribution in [-0.4, -0.2) is 12.5 Å². The van der Waals surface area contributed by atoms with Crippen LogP contribution in [0.4, 0.5) is 5.69 Å². The second-order valence-electron chi connectivity index (χ2n) is 6.53. The summed E-state index contributed by atoms with van der Waals surface area (Å²) in [5.41, 5.74) is 9.96. The van der Waals surface area contributed by atoms with Crippen LogP contribution in [0.3, 0.4) is 0 Å². The summed E-state index contributed by atoms with van der Waals surface area (Å²) in [4.78, 5) is 6.72. The Labute approximate surface area is 166 Å². The minimum Gasteiger partial charge on any atom is -0.370 e. The van der Waals surface area contributed by atoms with Gasteiger partial charge in [-0.2, -0.15) is 0 Å². The summed E-state index contributed by atoms with van der Waals surface area (Å²) in [5.74, 6) is 0.987. The molecule has 5 heteroatoms. The van der Waals surface area contributed by atoms with E-state index in [-0.39, 0.29) is 13.8 Å². The Kier molecular flexibility index (Phi) is 5.40. The van der Waals surface area contributed by atoms with E-state index in [1.165, 1.54) is 22.0 Å². The van der Waals surface area contributed by atoms with Crippen molar-refractivity contribution in [3.8, 4) is 0 Å². The van der Waals surface area contributed by atoms with E-state index in [9.17, 15) is 0 Å². The van der Waals surface area contributed by atoms with E-state index >= 15 is 0 Å². The molecule has 26 heavy (non-hydrogen) atoms. The lowest BCUT2D eigenvalue weighted by Gasteiger charge is -2.18. The Morgan fingerprint density at radius 1 is 1.15 bits per heavy atom. The van der Waals surface area contributed by atoms with E-state index < -0.39 is 0 Å². The largest absolute Gasteiger partial charge is 0.370 e. The van der Waals surface area contributed by atoms with Crippen molar-refractivity contribution in [3.63, 3.8) is 0 Å². The first kappa shape index (κ1) is 18.6. The van der Waals surface area contributed by atoms with Crippen molar-refractivity contribution in [2.75, 3.05) is 11.4 Å². The minimum atomic E-state index is 0. The number of halogens is 2. The van der Waals surface area contributed by atoms with Crippen LogP contribution >= 0.6 is 24.0 Å². The van der Waals surface area contributed by atoms with Gasteiger partial charge in [-0.1, -0.05) is 61.0 Å². The molecule has 4 rings (SSSR count). The smallest absolute Gasteiger partial charge is 0.196 e. The Morgan fingerprint density at radius 2 is 1.88 bits per heavy atom. The fraction of sp³-hybridized carbons (Fsp3) is 0.190. The van der Waals surface area contributed by atoms with Crippen molar-refractivity contribution in [1.82, 2.24) is 0 Å². The van der Waals surface area contributed by atoms with Crippen molar-refractivity contribution in [3.05, 3.63) is 76.8 Å². The van der Waals surface area contributed by atoms with Gasteiger partial charge in [0.05, 0.1) is 6.54 Å². The number of benzene rings is 3. The van der Waals surface area contributed by atoms with Gasteiger partial charge in [-0.25, -0.2) is 4.99 Å². The molecular formula is C21H23Cl2N3. The molecular weight excluding hydrogens is 365 g/mol. The molecule has 3 aromatic carbocycles. The van der Waals surface area contributed by atoms with Gasteiger partial charge in [0.25, 0.3) is 0 Å². The van der Waals surface area contributed by atoms with Crippen LogP contribution in [0.5, 0.6) is 0 Å². The lowest BCUT2D eigenvalue weighted by molar-refractivity contribution is 0.821. The number of fused-ring (bicyclic) bond motifs is 3.